The van der Waals surface area contributed by atoms with Gasteiger partial charge in [-0.05, 0) is 12.8 Å². The van der Waals surface area contributed by atoms with Crippen LogP contribution in [0.1, 0.15) is 26.7 Å². The van der Waals surface area contributed by atoms with Crippen LogP contribution in [0.25, 0.3) is 0 Å². The summed E-state index contributed by atoms with van der Waals surface area (Å²) in [6, 6.07) is 1.73. The van der Waals surface area contributed by atoms with Gasteiger partial charge in [0, 0.05) is 38.3 Å². The van der Waals surface area contributed by atoms with Crippen LogP contribution in [-0.2, 0) is 0 Å². The van der Waals surface area contributed by atoms with E-state index in [9.17, 15) is 0 Å². The van der Waals surface area contributed by atoms with Gasteiger partial charge < -0.3 is 0 Å². The maximum absolute atomic E-state index is 2.69. The summed E-state index contributed by atoms with van der Waals surface area (Å²) in [7, 11) is 0. The first-order chi connectivity index (χ1) is 5.85. The second kappa shape index (κ2) is 3.35. The van der Waals surface area contributed by atoms with Gasteiger partial charge in [-0.15, -0.1) is 0 Å². The second-order valence-corrected chi connectivity index (χ2v) is 4.11. The van der Waals surface area contributed by atoms with E-state index in [1.807, 2.05) is 0 Å². The molecule has 4 atom stereocenters. The van der Waals surface area contributed by atoms with Crippen molar-refractivity contribution in [2.24, 2.45) is 0 Å². The Hall–Kier alpha value is -0.0800. The van der Waals surface area contributed by atoms with Crippen molar-refractivity contribution in [2.45, 2.75) is 38.8 Å². The number of nitrogens with zero attached hydrogens (tertiary/aromatic N) is 2. The molecule has 3 aliphatic rings. The molecule has 0 N–H and O–H groups in total. The molecule has 0 amide bonds. The highest BCUT2D eigenvalue weighted by Gasteiger charge is 2.35. The summed E-state index contributed by atoms with van der Waals surface area (Å²) in [6.45, 7) is 9.91. The number of fused-ring (bicyclic) bond motifs is 3. The van der Waals surface area contributed by atoms with Gasteiger partial charge in [0.05, 0.1) is 0 Å². The van der Waals surface area contributed by atoms with Gasteiger partial charge in [0.2, 0.25) is 0 Å². The predicted molar refractivity (Wildman–Crippen MR) is 51.3 cm³/mol. The molecule has 0 radical (unpaired) electrons. The SMILES string of the molecule is CCC1CN2CCN1CC2CC. The summed E-state index contributed by atoms with van der Waals surface area (Å²) >= 11 is 0. The maximum atomic E-state index is 2.69. The zero-order chi connectivity index (χ0) is 8.55. The summed E-state index contributed by atoms with van der Waals surface area (Å²) in [5.74, 6) is 0. The molecule has 3 saturated heterocycles. The quantitative estimate of drug-likeness (QED) is 0.611. The minimum absolute atomic E-state index is 0.863. The average Bonchev–Trinajstić information content (AvgIpc) is 2.18. The van der Waals surface area contributed by atoms with Crippen LogP contribution in [-0.4, -0.2) is 48.1 Å². The molecule has 3 fully saturated rings. The van der Waals surface area contributed by atoms with E-state index in [-0.39, 0.29) is 0 Å². The molecular weight excluding hydrogens is 148 g/mol. The lowest BCUT2D eigenvalue weighted by Crippen LogP contribution is -2.65. The van der Waals surface area contributed by atoms with Gasteiger partial charge in [-0.2, -0.15) is 0 Å². The largest absolute Gasteiger partial charge is 0.296 e. The van der Waals surface area contributed by atoms with Crippen LogP contribution in [0.5, 0.6) is 0 Å². The van der Waals surface area contributed by atoms with Crippen molar-refractivity contribution >= 4 is 0 Å². The van der Waals surface area contributed by atoms with Crippen LogP contribution in [0.4, 0.5) is 0 Å². The van der Waals surface area contributed by atoms with E-state index in [0.717, 1.165) is 12.1 Å². The molecule has 12 heavy (non-hydrogen) atoms. The third-order valence-corrected chi connectivity index (χ3v) is 3.54. The minimum atomic E-state index is 0.863. The molecule has 0 spiro atoms. The standard InChI is InChI=1S/C10H20N2/c1-3-9-7-12-6-5-11(9)8-10(12)4-2/h9-10H,3-8H2,1-2H3. The van der Waals surface area contributed by atoms with Crippen LogP contribution in [0.15, 0.2) is 0 Å². The lowest BCUT2D eigenvalue weighted by Gasteiger charge is -2.52. The average molecular weight is 168 g/mol. The van der Waals surface area contributed by atoms with Crippen molar-refractivity contribution in [1.29, 1.82) is 0 Å². The molecule has 3 rings (SSSR count). The van der Waals surface area contributed by atoms with Crippen molar-refractivity contribution in [3.8, 4) is 0 Å². The summed E-state index contributed by atoms with van der Waals surface area (Å²) in [5.41, 5.74) is 0. The topological polar surface area (TPSA) is 6.48 Å². The summed E-state index contributed by atoms with van der Waals surface area (Å²) in [5, 5.41) is 0. The van der Waals surface area contributed by atoms with Crippen molar-refractivity contribution in [1.82, 2.24) is 9.80 Å². The van der Waals surface area contributed by atoms with Crippen molar-refractivity contribution in [3.63, 3.8) is 0 Å². The Labute approximate surface area is 75.5 Å². The molecule has 70 valence electrons. The van der Waals surface area contributed by atoms with Crippen molar-refractivity contribution in [3.05, 3.63) is 0 Å². The summed E-state index contributed by atoms with van der Waals surface area (Å²) in [6.07, 6.45) is 2.65. The lowest BCUT2D eigenvalue weighted by molar-refractivity contribution is -0.0315. The Balaban J connectivity index is 2.01. The Morgan fingerprint density at radius 3 is 1.58 bits per heavy atom. The van der Waals surface area contributed by atoms with Gasteiger partial charge in [0.1, 0.15) is 0 Å². The zero-order valence-corrected chi connectivity index (χ0v) is 8.29. The van der Waals surface area contributed by atoms with E-state index in [1.54, 1.807) is 0 Å². The van der Waals surface area contributed by atoms with E-state index in [0.29, 0.717) is 0 Å². The lowest BCUT2D eigenvalue weighted by atomic mass is 9.99. The molecule has 0 aromatic carbocycles. The first-order valence-corrected chi connectivity index (χ1v) is 5.33. The predicted octanol–water partition coefficient (Wildman–Crippen LogP) is 1.17. The van der Waals surface area contributed by atoms with Gasteiger partial charge in [-0.1, -0.05) is 13.8 Å². The third-order valence-electron chi connectivity index (χ3n) is 3.54. The number of piperazine rings is 3. The molecule has 2 bridgehead atoms. The molecule has 3 heterocycles. The first kappa shape index (κ1) is 8.52. The molecule has 0 aromatic heterocycles. The van der Waals surface area contributed by atoms with Gasteiger partial charge in [0.15, 0.2) is 0 Å². The fourth-order valence-corrected chi connectivity index (χ4v) is 2.65. The Bertz CT molecular complexity index is 140. The van der Waals surface area contributed by atoms with Crippen LogP contribution >= 0.6 is 0 Å². The molecule has 0 aromatic rings. The summed E-state index contributed by atoms with van der Waals surface area (Å²) in [4.78, 5) is 5.38. The van der Waals surface area contributed by atoms with Gasteiger partial charge >= 0.3 is 0 Å². The van der Waals surface area contributed by atoms with Crippen molar-refractivity contribution < 1.29 is 0 Å². The van der Waals surface area contributed by atoms with E-state index in [4.69, 9.17) is 0 Å². The minimum Gasteiger partial charge on any atom is -0.296 e. The highest BCUT2D eigenvalue weighted by atomic mass is 15.4. The monoisotopic (exact) mass is 168 g/mol. The van der Waals surface area contributed by atoms with Gasteiger partial charge in [-0.25, -0.2) is 0 Å². The fourth-order valence-electron chi connectivity index (χ4n) is 2.65. The Kier molecular flexibility index (Phi) is 2.37. The highest BCUT2D eigenvalue weighted by Crippen LogP contribution is 2.23. The first-order valence-electron chi connectivity index (χ1n) is 5.33. The zero-order valence-electron chi connectivity index (χ0n) is 8.29. The van der Waals surface area contributed by atoms with E-state index in [1.165, 1.54) is 39.0 Å². The van der Waals surface area contributed by atoms with Crippen LogP contribution < -0.4 is 0 Å². The van der Waals surface area contributed by atoms with E-state index < -0.39 is 0 Å². The number of hydrogen-bond donors (Lipinski definition) is 0. The Morgan fingerprint density at radius 1 is 0.917 bits per heavy atom. The normalized spacial score (nSPS) is 46.5. The molecule has 0 aliphatic carbocycles. The molecule has 2 heteroatoms. The maximum Gasteiger partial charge on any atom is 0.0221 e. The van der Waals surface area contributed by atoms with E-state index in [2.05, 4.69) is 23.6 Å². The van der Waals surface area contributed by atoms with Gasteiger partial charge in [0.25, 0.3) is 0 Å². The molecular formula is C10H20N2. The van der Waals surface area contributed by atoms with Crippen molar-refractivity contribution in [2.75, 3.05) is 26.2 Å². The van der Waals surface area contributed by atoms with E-state index >= 15 is 0 Å². The molecule has 0 saturated carbocycles. The Morgan fingerprint density at radius 2 is 1.33 bits per heavy atom. The van der Waals surface area contributed by atoms with Gasteiger partial charge in [-0.3, -0.25) is 9.80 Å². The van der Waals surface area contributed by atoms with Crippen LogP contribution in [0, 0.1) is 0 Å². The van der Waals surface area contributed by atoms with Crippen LogP contribution in [0.3, 0.4) is 0 Å². The number of hydrogen-bond acceptors (Lipinski definition) is 2. The number of rotatable bonds is 2. The second-order valence-electron chi connectivity index (χ2n) is 4.11. The smallest absolute Gasteiger partial charge is 0.0221 e. The highest BCUT2D eigenvalue weighted by molar-refractivity contribution is 4.92. The molecule has 3 aliphatic heterocycles. The van der Waals surface area contributed by atoms with Crippen LogP contribution in [0.2, 0.25) is 0 Å². The molecule has 4 unspecified atom stereocenters. The fraction of sp³-hybridized carbons (Fsp3) is 1.00. The molecule has 2 nitrogen and oxygen atoms in total. The summed E-state index contributed by atoms with van der Waals surface area (Å²) < 4.78 is 0. The third kappa shape index (κ3) is 1.27.